The summed E-state index contributed by atoms with van der Waals surface area (Å²) in [5.41, 5.74) is 9.26. The minimum atomic E-state index is -0.576. The van der Waals surface area contributed by atoms with Gasteiger partial charge >= 0.3 is 5.69 Å². The van der Waals surface area contributed by atoms with E-state index in [2.05, 4.69) is 35.0 Å². The number of aromatic nitrogens is 4. The molecule has 0 unspecified atom stereocenters. The number of hydrogen-bond donors (Lipinski definition) is 1. The number of rotatable bonds is 5. The van der Waals surface area contributed by atoms with E-state index in [1.807, 2.05) is 36.4 Å². The highest BCUT2D eigenvalue weighted by atomic mass is 19.1. The van der Waals surface area contributed by atoms with Gasteiger partial charge in [0.05, 0.1) is 27.6 Å². The standard InChI is InChI=1S/C34H30FN5O2/c1-19-24(20-8-9-20)6-5-7-25(19)32-37-28-17-22(21-10-13-26(27(35)16-21)33(41)36-2)11-14-29(28)40(32)23-12-15-30-31(18-23)39(4)34(42)38(30)3/h5-7,10-18,20H,8-9H2,1-4H3,(H,36,41). The zero-order valence-corrected chi connectivity index (χ0v) is 23.9. The molecule has 7 rings (SSSR count). The number of amides is 1. The predicted octanol–water partition coefficient (Wildman–Crippen LogP) is 6.23. The molecular weight excluding hydrogens is 529 g/mol. The molecule has 7 nitrogen and oxygen atoms in total. The Morgan fingerprint density at radius 2 is 1.62 bits per heavy atom. The largest absolute Gasteiger partial charge is 0.355 e. The second kappa shape index (κ2) is 9.55. The van der Waals surface area contributed by atoms with Gasteiger partial charge in [-0.2, -0.15) is 0 Å². The summed E-state index contributed by atoms with van der Waals surface area (Å²) < 4.78 is 20.3. The van der Waals surface area contributed by atoms with E-state index >= 15 is 0 Å². The smallest absolute Gasteiger partial charge is 0.328 e. The summed E-state index contributed by atoms with van der Waals surface area (Å²) in [6.45, 7) is 2.17. The van der Waals surface area contributed by atoms with E-state index in [1.54, 1.807) is 29.3 Å². The summed E-state index contributed by atoms with van der Waals surface area (Å²) in [4.78, 5) is 29.8. The molecule has 1 aliphatic rings. The van der Waals surface area contributed by atoms with Crippen LogP contribution in [0.3, 0.4) is 0 Å². The van der Waals surface area contributed by atoms with Crippen molar-refractivity contribution in [1.82, 2.24) is 24.0 Å². The van der Waals surface area contributed by atoms with Crippen LogP contribution in [0.1, 0.15) is 40.2 Å². The number of fused-ring (bicyclic) bond motifs is 2. The molecule has 1 aliphatic carbocycles. The van der Waals surface area contributed by atoms with Crippen molar-refractivity contribution in [3.63, 3.8) is 0 Å². The zero-order chi connectivity index (χ0) is 29.3. The van der Waals surface area contributed by atoms with Gasteiger partial charge in [-0.05, 0) is 90.4 Å². The molecule has 0 atom stereocenters. The minimum Gasteiger partial charge on any atom is -0.355 e. The van der Waals surface area contributed by atoms with E-state index in [0.717, 1.165) is 44.7 Å². The van der Waals surface area contributed by atoms with Gasteiger partial charge in [-0.25, -0.2) is 14.2 Å². The maximum atomic E-state index is 14.8. The third-order valence-corrected chi connectivity index (χ3v) is 8.58. The molecule has 0 radical (unpaired) electrons. The molecule has 2 aromatic heterocycles. The molecule has 0 bridgehead atoms. The van der Waals surface area contributed by atoms with Crippen molar-refractivity contribution in [2.45, 2.75) is 25.7 Å². The summed E-state index contributed by atoms with van der Waals surface area (Å²) in [6, 6.07) is 23.0. The molecule has 6 aromatic rings. The lowest BCUT2D eigenvalue weighted by Crippen LogP contribution is -2.19. The lowest BCUT2D eigenvalue weighted by Gasteiger charge is -2.14. The number of aryl methyl sites for hydroxylation is 2. The third kappa shape index (κ3) is 3.97. The van der Waals surface area contributed by atoms with Crippen molar-refractivity contribution in [1.29, 1.82) is 0 Å². The molecule has 210 valence electrons. The van der Waals surface area contributed by atoms with Gasteiger partial charge in [0, 0.05) is 32.4 Å². The average Bonchev–Trinajstić information content (AvgIpc) is 3.74. The van der Waals surface area contributed by atoms with Crippen LogP contribution in [0.4, 0.5) is 4.39 Å². The van der Waals surface area contributed by atoms with Gasteiger partial charge in [0.1, 0.15) is 11.6 Å². The van der Waals surface area contributed by atoms with Crippen LogP contribution in [0.5, 0.6) is 0 Å². The van der Waals surface area contributed by atoms with Crippen LogP contribution in [0.2, 0.25) is 0 Å². The molecule has 1 amide bonds. The minimum absolute atomic E-state index is 0.00520. The second-order valence-corrected chi connectivity index (χ2v) is 11.1. The number of benzene rings is 4. The Morgan fingerprint density at radius 1 is 0.905 bits per heavy atom. The first kappa shape index (κ1) is 26.0. The number of imidazole rings is 2. The Kier molecular flexibility index (Phi) is 5.90. The molecule has 2 heterocycles. The number of hydrogen-bond acceptors (Lipinski definition) is 3. The van der Waals surface area contributed by atoms with Crippen LogP contribution >= 0.6 is 0 Å². The molecule has 1 N–H and O–H groups in total. The monoisotopic (exact) mass is 559 g/mol. The van der Waals surface area contributed by atoms with Gasteiger partial charge < -0.3 is 5.32 Å². The Bertz CT molecular complexity index is 2130. The van der Waals surface area contributed by atoms with Crippen LogP contribution in [0.25, 0.3) is 50.3 Å². The molecule has 8 heteroatoms. The topological polar surface area (TPSA) is 73.8 Å². The van der Waals surface area contributed by atoms with Gasteiger partial charge in [0.2, 0.25) is 0 Å². The lowest BCUT2D eigenvalue weighted by molar-refractivity contribution is 0.0959. The molecule has 0 spiro atoms. The zero-order valence-electron chi connectivity index (χ0n) is 23.9. The Balaban J connectivity index is 1.45. The lowest BCUT2D eigenvalue weighted by atomic mass is 9.98. The van der Waals surface area contributed by atoms with Gasteiger partial charge in [-0.1, -0.05) is 30.3 Å². The molecular formula is C34H30FN5O2. The van der Waals surface area contributed by atoms with Crippen LogP contribution in [-0.2, 0) is 14.1 Å². The molecule has 4 aromatic carbocycles. The highest BCUT2D eigenvalue weighted by molar-refractivity contribution is 5.95. The van der Waals surface area contributed by atoms with E-state index in [1.165, 1.54) is 43.1 Å². The van der Waals surface area contributed by atoms with Crippen molar-refractivity contribution >= 4 is 28.0 Å². The maximum absolute atomic E-state index is 14.8. The fourth-order valence-electron chi connectivity index (χ4n) is 6.08. The number of carbonyl (C=O) groups is 1. The van der Waals surface area contributed by atoms with E-state index in [-0.39, 0.29) is 11.3 Å². The number of nitrogens with one attached hydrogen (secondary N) is 1. The Hall–Kier alpha value is -4.98. The molecule has 1 saturated carbocycles. The van der Waals surface area contributed by atoms with Crippen LogP contribution in [-0.4, -0.2) is 31.6 Å². The van der Waals surface area contributed by atoms with Crippen LogP contribution < -0.4 is 11.0 Å². The van der Waals surface area contributed by atoms with E-state index in [4.69, 9.17) is 4.98 Å². The predicted molar refractivity (Wildman–Crippen MR) is 164 cm³/mol. The number of halogens is 1. The van der Waals surface area contributed by atoms with E-state index in [9.17, 15) is 14.0 Å². The average molecular weight is 560 g/mol. The summed E-state index contributed by atoms with van der Waals surface area (Å²) in [7, 11) is 5.04. The van der Waals surface area contributed by atoms with Gasteiger partial charge in [-0.15, -0.1) is 0 Å². The normalized spacial score (nSPS) is 13.3. The first-order chi connectivity index (χ1) is 20.3. The van der Waals surface area contributed by atoms with Crippen molar-refractivity contribution < 1.29 is 9.18 Å². The first-order valence-electron chi connectivity index (χ1n) is 14.1. The van der Waals surface area contributed by atoms with E-state index < -0.39 is 11.7 Å². The van der Waals surface area contributed by atoms with Crippen molar-refractivity contribution in [3.8, 4) is 28.2 Å². The highest BCUT2D eigenvalue weighted by Gasteiger charge is 2.27. The summed E-state index contributed by atoms with van der Waals surface area (Å²) in [6.07, 6.45) is 2.41. The molecule has 0 aliphatic heterocycles. The Labute approximate surface area is 241 Å². The quantitative estimate of drug-likeness (QED) is 0.272. The Morgan fingerprint density at radius 3 is 2.36 bits per heavy atom. The van der Waals surface area contributed by atoms with Gasteiger partial charge in [0.25, 0.3) is 5.91 Å². The fourth-order valence-corrected chi connectivity index (χ4v) is 6.08. The van der Waals surface area contributed by atoms with Crippen molar-refractivity contribution in [2.75, 3.05) is 7.05 Å². The van der Waals surface area contributed by atoms with Gasteiger partial charge in [0.15, 0.2) is 0 Å². The van der Waals surface area contributed by atoms with Gasteiger partial charge in [-0.3, -0.25) is 18.5 Å². The number of nitrogens with zero attached hydrogens (tertiary/aromatic N) is 4. The summed E-state index contributed by atoms with van der Waals surface area (Å²) >= 11 is 0. The van der Waals surface area contributed by atoms with Crippen molar-refractivity contribution in [2.24, 2.45) is 14.1 Å². The SMILES string of the molecule is CNC(=O)c1ccc(-c2ccc3c(c2)nc(-c2cccc(C4CC4)c2C)n3-c2ccc3c(c2)n(C)c(=O)n3C)cc1F. The van der Waals surface area contributed by atoms with Crippen LogP contribution in [0.15, 0.2) is 77.6 Å². The van der Waals surface area contributed by atoms with E-state index in [0.29, 0.717) is 11.5 Å². The molecule has 42 heavy (non-hydrogen) atoms. The summed E-state index contributed by atoms with van der Waals surface area (Å²) in [5.74, 6) is 0.364. The van der Waals surface area contributed by atoms with Crippen LogP contribution in [0, 0.1) is 12.7 Å². The number of carbonyl (C=O) groups excluding carboxylic acids is 1. The third-order valence-electron chi connectivity index (χ3n) is 8.58. The fraction of sp³-hybridized carbons (Fsp3) is 0.206. The highest BCUT2D eigenvalue weighted by Crippen LogP contribution is 2.44. The summed E-state index contributed by atoms with van der Waals surface area (Å²) in [5, 5.41) is 2.47. The molecule has 0 saturated heterocycles. The second-order valence-electron chi connectivity index (χ2n) is 11.1. The molecule has 1 fully saturated rings. The van der Waals surface area contributed by atoms with Crippen molar-refractivity contribution in [3.05, 3.63) is 106 Å². The first-order valence-corrected chi connectivity index (χ1v) is 14.1. The maximum Gasteiger partial charge on any atom is 0.328 e.